The van der Waals surface area contributed by atoms with Crippen LogP contribution in [0, 0.1) is 0 Å². The topological polar surface area (TPSA) is 55.2 Å². The van der Waals surface area contributed by atoms with Crippen molar-refractivity contribution in [2.45, 2.75) is 6.54 Å². The smallest absolute Gasteiger partial charge is 0.261 e. The van der Waals surface area contributed by atoms with Gasteiger partial charge in [-0.15, -0.1) is 0 Å². The number of anilines is 1. The third kappa shape index (κ3) is 3.39. The molecular weight excluding hydrogens is 454 g/mol. The molecular formula is C25H18BrN3O2. The average Bonchev–Trinajstić information content (AvgIpc) is 3.01. The molecule has 0 bridgehead atoms. The molecule has 0 saturated carbocycles. The van der Waals surface area contributed by atoms with E-state index in [1.54, 1.807) is 28.7 Å². The van der Waals surface area contributed by atoms with E-state index in [2.05, 4.69) is 15.9 Å². The molecule has 6 heteroatoms. The molecule has 5 rings (SSSR count). The Hall–Kier alpha value is -3.51. The standard InChI is InChI=1S/C25H18BrN3O2/c1-28-22-12-11-17(26)13-19(22)20(24(28)30)14-23-27-21-10-6-5-9-18(21)25(31)29(23)15-16-7-3-2-4-8-16/h2-14H,15H2,1H3/b20-14-. The van der Waals surface area contributed by atoms with Crippen molar-refractivity contribution in [1.82, 2.24) is 9.55 Å². The summed E-state index contributed by atoms with van der Waals surface area (Å²) in [5, 5.41) is 0.554. The average molecular weight is 472 g/mol. The highest BCUT2D eigenvalue weighted by atomic mass is 79.9. The van der Waals surface area contributed by atoms with Crippen molar-refractivity contribution in [3.8, 4) is 0 Å². The van der Waals surface area contributed by atoms with Crippen LogP contribution in [-0.2, 0) is 11.3 Å². The first-order valence-electron chi connectivity index (χ1n) is 9.86. The Kier molecular flexibility index (Phi) is 4.79. The van der Waals surface area contributed by atoms with E-state index in [0.717, 1.165) is 21.3 Å². The Bertz CT molecular complexity index is 1420. The summed E-state index contributed by atoms with van der Waals surface area (Å²) in [4.78, 5) is 32.8. The fourth-order valence-corrected chi connectivity index (χ4v) is 4.27. The number of amides is 1. The molecule has 31 heavy (non-hydrogen) atoms. The number of carbonyl (C=O) groups excluding carboxylic acids is 1. The maximum absolute atomic E-state index is 13.4. The number of hydrogen-bond donors (Lipinski definition) is 0. The molecule has 0 radical (unpaired) electrons. The van der Waals surface area contributed by atoms with E-state index in [-0.39, 0.29) is 11.5 Å². The minimum Gasteiger partial charge on any atom is -0.311 e. The minimum atomic E-state index is -0.130. The molecule has 3 aromatic carbocycles. The van der Waals surface area contributed by atoms with Crippen molar-refractivity contribution in [1.29, 1.82) is 0 Å². The molecule has 2 heterocycles. The van der Waals surface area contributed by atoms with Gasteiger partial charge in [0, 0.05) is 17.1 Å². The lowest BCUT2D eigenvalue weighted by Gasteiger charge is -2.12. The van der Waals surface area contributed by atoms with Crippen molar-refractivity contribution < 1.29 is 4.79 Å². The van der Waals surface area contributed by atoms with Gasteiger partial charge in [0.25, 0.3) is 11.5 Å². The largest absolute Gasteiger partial charge is 0.311 e. The van der Waals surface area contributed by atoms with E-state index in [9.17, 15) is 9.59 Å². The summed E-state index contributed by atoms with van der Waals surface area (Å²) >= 11 is 3.49. The molecule has 4 aromatic rings. The lowest BCUT2D eigenvalue weighted by atomic mass is 10.1. The minimum absolute atomic E-state index is 0.123. The van der Waals surface area contributed by atoms with Gasteiger partial charge in [-0.25, -0.2) is 4.98 Å². The fourth-order valence-electron chi connectivity index (χ4n) is 3.90. The molecule has 1 aliphatic heterocycles. The second kappa shape index (κ2) is 7.63. The molecule has 0 saturated heterocycles. The Morgan fingerprint density at radius 2 is 1.71 bits per heavy atom. The third-order valence-electron chi connectivity index (χ3n) is 5.49. The van der Waals surface area contributed by atoms with Crippen LogP contribution in [0.1, 0.15) is 17.0 Å². The van der Waals surface area contributed by atoms with Gasteiger partial charge in [-0.3, -0.25) is 14.2 Å². The van der Waals surface area contributed by atoms with Gasteiger partial charge >= 0.3 is 0 Å². The molecule has 1 aromatic heterocycles. The van der Waals surface area contributed by atoms with Crippen LogP contribution in [0.5, 0.6) is 0 Å². The quantitative estimate of drug-likeness (QED) is 0.406. The molecule has 1 aliphatic rings. The lowest BCUT2D eigenvalue weighted by Crippen LogP contribution is -2.25. The molecule has 0 spiro atoms. The highest BCUT2D eigenvalue weighted by Gasteiger charge is 2.30. The van der Waals surface area contributed by atoms with E-state index in [1.807, 2.05) is 66.7 Å². The summed E-state index contributed by atoms with van der Waals surface area (Å²) in [7, 11) is 1.75. The number of aromatic nitrogens is 2. The predicted molar refractivity (Wildman–Crippen MR) is 127 cm³/mol. The van der Waals surface area contributed by atoms with E-state index in [0.29, 0.717) is 28.8 Å². The number of para-hydroxylation sites is 1. The lowest BCUT2D eigenvalue weighted by molar-refractivity contribution is -0.112. The monoisotopic (exact) mass is 471 g/mol. The summed E-state index contributed by atoms with van der Waals surface area (Å²) in [6, 6.07) is 22.8. The van der Waals surface area contributed by atoms with Crippen molar-refractivity contribution in [2.75, 3.05) is 11.9 Å². The maximum atomic E-state index is 13.4. The SMILES string of the molecule is CN1C(=O)/C(=C\c2nc3ccccc3c(=O)n2Cc2ccccc2)c2cc(Br)ccc21. The normalized spacial score (nSPS) is 14.5. The number of likely N-dealkylation sites (N-methyl/N-ethyl adjacent to an activating group) is 1. The van der Waals surface area contributed by atoms with Crippen LogP contribution < -0.4 is 10.5 Å². The number of fused-ring (bicyclic) bond motifs is 2. The Morgan fingerprint density at radius 1 is 0.968 bits per heavy atom. The van der Waals surface area contributed by atoms with Crippen LogP contribution in [0.2, 0.25) is 0 Å². The number of hydrogen-bond acceptors (Lipinski definition) is 3. The molecule has 152 valence electrons. The van der Waals surface area contributed by atoms with Crippen LogP contribution >= 0.6 is 15.9 Å². The summed E-state index contributed by atoms with van der Waals surface area (Å²) < 4.78 is 2.52. The molecule has 0 unspecified atom stereocenters. The maximum Gasteiger partial charge on any atom is 0.261 e. The second-order valence-electron chi connectivity index (χ2n) is 7.45. The van der Waals surface area contributed by atoms with Crippen molar-refractivity contribution in [2.24, 2.45) is 0 Å². The fraction of sp³-hybridized carbons (Fsp3) is 0.0800. The van der Waals surface area contributed by atoms with Crippen molar-refractivity contribution in [3.63, 3.8) is 0 Å². The second-order valence-corrected chi connectivity index (χ2v) is 8.36. The van der Waals surface area contributed by atoms with E-state index in [1.165, 1.54) is 0 Å². The number of halogens is 1. The highest BCUT2D eigenvalue weighted by Crippen LogP contribution is 2.38. The Labute approximate surface area is 187 Å². The van der Waals surface area contributed by atoms with Gasteiger partial charge in [-0.2, -0.15) is 0 Å². The van der Waals surface area contributed by atoms with E-state index in [4.69, 9.17) is 4.98 Å². The van der Waals surface area contributed by atoms with Crippen LogP contribution in [0.4, 0.5) is 5.69 Å². The van der Waals surface area contributed by atoms with Gasteiger partial charge in [0.2, 0.25) is 0 Å². The molecule has 5 nitrogen and oxygen atoms in total. The van der Waals surface area contributed by atoms with Crippen LogP contribution in [0.15, 0.2) is 82.1 Å². The first kappa shape index (κ1) is 19.5. The van der Waals surface area contributed by atoms with Crippen LogP contribution in [0.25, 0.3) is 22.6 Å². The first-order chi connectivity index (χ1) is 15.0. The van der Waals surface area contributed by atoms with E-state index < -0.39 is 0 Å². The number of rotatable bonds is 3. The Balaban J connectivity index is 1.75. The number of benzene rings is 3. The van der Waals surface area contributed by atoms with E-state index >= 15 is 0 Å². The molecule has 0 fully saturated rings. The zero-order chi connectivity index (χ0) is 21.5. The zero-order valence-corrected chi connectivity index (χ0v) is 18.3. The third-order valence-corrected chi connectivity index (χ3v) is 5.99. The molecule has 0 aliphatic carbocycles. The Morgan fingerprint density at radius 3 is 2.52 bits per heavy atom. The van der Waals surface area contributed by atoms with Crippen LogP contribution in [0.3, 0.4) is 0 Å². The van der Waals surface area contributed by atoms with Gasteiger partial charge in [-0.05, 0) is 42.0 Å². The number of carbonyl (C=O) groups is 1. The summed E-state index contributed by atoms with van der Waals surface area (Å²) in [5.74, 6) is 0.332. The molecule has 0 N–H and O–H groups in total. The van der Waals surface area contributed by atoms with Gasteiger partial charge in [0.1, 0.15) is 5.82 Å². The van der Waals surface area contributed by atoms with Gasteiger partial charge in [-0.1, -0.05) is 58.4 Å². The van der Waals surface area contributed by atoms with Crippen LogP contribution in [-0.4, -0.2) is 22.5 Å². The molecule has 0 atom stereocenters. The van der Waals surface area contributed by atoms with Gasteiger partial charge in [0.15, 0.2) is 0 Å². The van der Waals surface area contributed by atoms with Gasteiger partial charge in [0.05, 0.1) is 28.7 Å². The number of nitrogens with zero attached hydrogens (tertiary/aromatic N) is 3. The van der Waals surface area contributed by atoms with Crippen molar-refractivity contribution in [3.05, 3.63) is 105 Å². The summed E-state index contributed by atoms with van der Waals surface area (Å²) in [6.45, 7) is 0.367. The predicted octanol–water partition coefficient (Wildman–Crippen LogP) is 4.72. The van der Waals surface area contributed by atoms with Gasteiger partial charge < -0.3 is 4.90 Å². The zero-order valence-electron chi connectivity index (χ0n) is 16.7. The highest BCUT2D eigenvalue weighted by molar-refractivity contribution is 9.10. The summed E-state index contributed by atoms with van der Waals surface area (Å²) in [5.41, 5.74) is 3.63. The van der Waals surface area contributed by atoms with Crippen molar-refractivity contribution >= 4 is 50.1 Å². The summed E-state index contributed by atoms with van der Waals surface area (Å²) in [6.07, 6.45) is 1.73. The molecule has 1 amide bonds. The first-order valence-corrected chi connectivity index (χ1v) is 10.7.